The van der Waals surface area contributed by atoms with Crippen LogP contribution in [0.25, 0.3) is 0 Å². The molecule has 0 bridgehead atoms. The number of rotatable bonds is 3. The molecule has 24 heavy (non-hydrogen) atoms. The Morgan fingerprint density at radius 1 is 1.12 bits per heavy atom. The third-order valence-electron chi connectivity index (χ3n) is 3.88. The van der Waals surface area contributed by atoms with Crippen molar-refractivity contribution in [1.29, 1.82) is 0 Å². The van der Waals surface area contributed by atoms with Crippen LogP contribution in [0.2, 0.25) is 0 Å². The van der Waals surface area contributed by atoms with Gasteiger partial charge < -0.3 is 9.47 Å². The Kier molecular flexibility index (Phi) is 5.03. The van der Waals surface area contributed by atoms with E-state index < -0.39 is 0 Å². The molecule has 0 fully saturated rings. The molecule has 3 rings (SSSR count). The second kappa shape index (κ2) is 7.21. The van der Waals surface area contributed by atoms with Crippen LogP contribution in [0, 0.1) is 3.57 Å². The fourth-order valence-corrected chi connectivity index (χ4v) is 3.38. The minimum absolute atomic E-state index is 0.247. The summed E-state index contributed by atoms with van der Waals surface area (Å²) in [6.07, 6.45) is -0.357. The Morgan fingerprint density at radius 2 is 1.79 bits per heavy atom. The van der Waals surface area contributed by atoms with Crippen molar-refractivity contribution in [3.05, 3.63) is 68.3 Å². The van der Waals surface area contributed by atoms with Crippen LogP contribution in [0.3, 0.4) is 0 Å². The van der Waals surface area contributed by atoms with E-state index >= 15 is 0 Å². The summed E-state index contributed by atoms with van der Waals surface area (Å²) < 4.78 is 11.0. The molecule has 0 saturated heterocycles. The number of nitrogens with zero attached hydrogens (tertiary/aromatic N) is 1. The summed E-state index contributed by atoms with van der Waals surface area (Å²) in [4.78, 5) is 25.7. The van der Waals surface area contributed by atoms with Crippen LogP contribution in [-0.2, 0) is 29.2 Å². The van der Waals surface area contributed by atoms with Gasteiger partial charge in [0, 0.05) is 16.7 Å². The van der Waals surface area contributed by atoms with Crippen LogP contribution in [0.15, 0.2) is 42.5 Å². The molecule has 1 aliphatic rings. The van der Waals surface area contributed by atoms with Gasteiger partial charge in [0.2, 0.25) is 0 Å². The zero-order chi connectivity index (χ0) is 17.1. The first kappa shape index (κ1) is 16.8. The van der Waals surface area contributed by atoms with Crippen LogP contribution in [0.4, 0.5) is 4.79 Å². The summed E-state index contributed by atoms with van der Waals surface area (Å²) in [6, 6.07) is 13.3. The maximum Gasteiger partial charge on any atom is 0.410 e. The largest absolute Gasteiger partial charge is 0.465 e. The van der Waals surface area contributed by atoms with Gasteiger partial charge in [-0.3, -0.25) is 4.90 Å². The van der Waals surface area contributed by atoms with E-state index in [0.717, 1.165) is 20.3 Å². The van der Waals surface area contributed by atoms with Crippen LogP contribution in [0.1, 0.15) is 27.0 Å². The maximum atomic E-state index is 12.3. The van der Waals surface area contributed by atoms with Crippen molar-refractivity contribution in [3.63, 3.8) is 0 Å². The number of esters is 1. The van der Waals surface area contributed by atoms with Crippen LogP contribution >= 0.6 is 22.6 Å². The summed E-state index contributed by atoms with van der Waals surface area (Å²) in [7, 11) is 1.36. The molecule has 2 aromatic rings. The van der Waals surface area contributed by atoms with E-state index in [2.05, 4.69) is 22.6 Å². The Balaban J connectivity index is 1.67. The highest BCUT2D eigenvalue weighted by Crippen LogP contribution is 2.28. The number of ether oxygens (including phenoxy) is 2. The van der Waals surface area contributed by atoms with Crippen molar-refractivity contribution in [3.8, 4) is 0 Å². The van der Waals surface area contributed by atoms with Gasteiger partial charge in [0.25, 0.3) is 0 Å². The zero-order valence-corrected chi connectivity index (χ0v) is 15.3. The number of carbonyl (C=O) groups is 2. The molecule has 2 aromatic carbocycles. The number of methoxy groups -OCH3 is 1. The lowest BCUT2D eigenvalue weighted by atomic mass is 10.1. The lowest BCUT2D eigenvalue weighted by Gasteiger charge is -2.15. The summed E-state index contributed by atoms with van der Waals surface area (Å²) in [5.41, 5.74) is 3.46. The molecule has 0 aromatic heterocycles. The molecular weight excluding hydrogens is 421 g/mol. The summed E-state index contributed by atoms with van der Waals surface area (Å²) in [5, 5.41) is 0. The fourth-order valence-electron chi connectivity index (χ4n) is 2.63. The molecule has 0 radical (unpaired) electrons. The highest BCUT2D eigenvalue weighted by molar-refractivity contribution is 14.1. The number of hydrogen-bond donors (Lipinski definition) is 0. The fraction of sp³-hybridized carbons (Fsp3) is 0.222. The third-order valence-corrected chi connectivity index (χ3v) is 4.77. The highest BCUT2D eigenvalue weighted by atomic mass is 127. The van der Waals surface area contributed by atoms with E-state index in [4.69, 9.17) is 9.47 Å². The maximum absolute atomic E-state index is 12.3. The molecule has 5 nitrogen and oxygen atoms in total. The topological polar surface area (TPSA) is 55.8 Å². The molecule has 0 unspecified atom stereocenters. The Labute approximate surface area is 153 Å². The molecule has 0 aliphatic carbocycles. The molecule has 0 saturated carbocycles. The lowest BCUT2D eigenvalue weighted by Crippen LogP contribution is -2.26. The summed E-state index contributed by atoms with van der Waals surface area (Å²) >= 11 is 2.11. The smallest absolute Gasteiger partial charge is 0.410 e. The zero-order valence-electron chi connectivity index (χ0n) is 13.1. The molecule has 0 N–H and O–H groups in total. The van der Waals surface area contributed by atoms with E-state index in [1.807, 2.05) is 36.4 Å². The van der Waals surface area contributed by atoms with E-state index in [1.165, 1.54) is 7.11 Å². The van der Waals surface area contributed by atoms with Gasteiger partial charge in [0.1, 0.15) is 6.61 Å². The first-order valence-electron chi connectivity index (χ1n) is 7.43. The highest BCUT2D eigenvalue weighted by Gasteiger charge is 2.26. The van der Waals surface area contributed by atoms with Crippen molar-refractivity contribution in [2.24, 2.45) is 0 Å². The summed E-state index contributed by atoms with van der Waals surface area (Å²) in [5.74, 6) is -0.368. The minimum Gasteiger partial charge on any atom is -0.465 e. The predicted molar refractivity (Wildman–Crippen MR) is 96.4 cm³/mol. The number of halogens is 1. The standard InChI is InChI=1S/C18H16INO4/c1-23-17(21)15-7-13-9-20(10-14(13)8-16(15)19)18(22)24-11-12-5-3-2-4-6-12/h2-8H,9-11H2,1H3. The molecule has 1 aliphatic heterocycles. The minimum atomic E-state index is -0.368. The predicted octanol–water partition coefficient (Wildman–Crippen LogP) is 3.73. The number of benzene rings is 2. The quantitative estimate of drug-likeness (QED) is 0.543. The summed E-state index contributed by atoms with van der Waals surface area (Å²) in [6.45, 7) is 1.17. The average molecular weight is 437 g/mol. The Hall–Kier alpha value is -2.09. The molecule has 1 amide bonds. The van der Waals surface area contributed by atoms with E-state index in [1.54, 1.807) is 11.0 Å². The molecule has 0 spiro atoms. The van der Waals surface area contributed by atoms with Crippen molar-refractivity contribution in [2.75, 3.05) is 7.11 Å². The molecule has 6 heteroatoms. The van der Waals surface area contributed by atoms with Gasteiger partial charge in [-0.2, -0.15) is 0 Å². The first-order chi connectivity index (χ1) is 11.6. The van der Waals surface area contributed by atoms with E-state index in [9.17, 15) is 9.59 Å². The van der Waals surface area contributed by atoms with Gasteiger partial charge in [-0.05, 0) is 51.4 Å². The number of fused-ring (bicyclic) bond motifs is 1. The monoisotopic (exact) mass is 437 g/mol. The second-order valence-electron chi connectivity index (χ2n) is 5.49. The van der Waals surface area contributed by atoms with Gasteiger partial charge in [-0.25, -0.2) is 9.59 Å². The second-order valence-corrected chi connectivity index (χ2v) is 6.65. The molecule has 0 atom stereocenters. The van der Waals surface area contributed by atoms with E-state index in [0.29, 0.717) is 18.7 Å². The van der Waals surface area contributed by atoms with Crippen LogP contribution in [0.5, 0.6) is 0 Å². The van der Waals surface area contributed by atoms with E-state index in [-0.39, 0.29) is 18.7 Å². The number of carbonyl (C=O) groups excluding carboxylic acids is 2. The molecular formula is C18H16INO4. The molecule has 124 valence electrons. The van der Waals surface area contributed by atoms with Crippen molar-refractivity contribution < 1.29 is 19.1 Å². The van der Waals surface area contributed by atoms with Gasteiger partial charge in [-0.15, -0.1) is 0 Å². The van der Waals surface area contributed by atoms with Gasteiger partial charge in [0.15, 0.2) is 0 Å². The SMILES string of the molecule is COC(=O)c1cc2c(cc1I)CN(C(=O)OCc1ccccc1)C2. The number of hydrogen-bond acceptors (Lipinski definition) is 4. The Bertz CT molecular complexity index is 776. The lowest BCUT2D eigenvalue weighted by molar-refractivity contribution is 0.0599. The number of amides is 1. The average Bonchev–Trinajstić information content (AvgIpc) is 3.02. The van der Waals surface area contributed by atoms with Gasteiger partial charge in [0.05, 0.1) is 12.7 Å². The van der Waals surface area contributed by atoms with Crippen LogP contribution < -0.4 is 0 Å². The Morgan fingerprint density at radius 3 is 2.46 bits per heavy atom. The van der Waals surface area contributed by atoms with Crippen molar-refractivity contribution in [1.82, 2.24) is 4.90 Å². The van der Waals surface area contributed by atoms with Crippen molar-refractivity contribution >= 4 is 34.7 Å². The first-order valence-corrected chi connectivity index (χ1v) is 8.51. The normalized spacial score (nSPS) is 12.7. The van der Waals surface area contributed by atoms with Gasteiger partial charge in [-0.1, -0.05) is 30.3 Å². The van der Waals surface area contributed by atoms with Gasteiger partial charge >= 0.3 is 12.1 Å². The third kappa shape index (κ3) is 3.53. The molecule has 1 heterocycles. The van der Waals surface area contributed by atoms with Crippen molar-refractivity contribution in [2.45, 2.75) is 19.7 Å². The van der Waals surface area contributed by atoms with Crippen LogP contribution in [-0.4, -0.2) is 24.1 Å².